The zero-order valence-electron chi connectivity index (χ0n) is 13.1. The van der Waals surface area contributed by atoms with Crippen LogP contribution in [-0.2, 0) is 11.3 Å². The molecular formula is C17H13BrN6O. The number of carbonyl (C=O) groups is 1. The van der Waals surface area contributed by atoms with Crippen molar-refractivity contribution in [2.24, 2.45) is 0 Å². The number of anilines is 1. The third-order valence-corrected chi connectivity index (χ3v) is 3.94. The van der Waals surface area contributed by atoms with E-state index in [0.717, 1.165) is 10.0 Å². The Labute approximate surface area is 152 Å². The second-order valence-corrected chi connectivity index (χ2v) is 6.09. The highest BCUT2D eigenvalue weighted by Crippen LogP contribution is 2.17. The largest absolute Gasteiger partial charge is 0.325 e. The number of tetrazole rings is 1. The van der Waals surface area contributed by atoms with Crippen LogP contribution in [0.2, 0.25) is 0 Å². The number of nitrogens with one attached hydrogen (secondary N) is 1. The molecule has 2 aromatic carbocycles. The van der Waals surface area contributed by atoms with Gasteiger partial charge < -0.3 is 5.32 Å². The van der Waals surface area contributed by atoms with Crippen molar-refractivity contribution in [1.82, 2.24) is 20.2 Å². The summed E-state index contributed by atoms with van der Waals surface area (Å²) in [5, 5.41) is 24.0. The molecule has 0 spiro atoms. The van der Waals surface area contributed by atoms with E-state index in [1.54, 1.807) is 24.3 Å². The predicted octanol–water partition coefficient (Wildman–Crippen LogP) is 3.00. The molecule has 3 rings (SSSR count). The van der Waals surface area contributed by atoms with E-state index < -0.39 is 0 Å². The van der Waals surface area contributed by atoms with Gasteiger partial charge in [-0.1, -0.05) is 28.1 Å². The lowest BCUT2D eigenvalue weighted by molar-refractivity contribution is -0.116. The predicted molar refractivity (Wildman–Crippen MR) is 95.4 cm³/mol. The molecule has 1 aromatic heterocycles. The minimum absolute atomic E-state index is 0.176. The van der Waals surface area contributed by atoms with Gasteiger partial charge in [-0.3, -0.25) is 4.79 Å². The molecule has 0 aliphatic carbocycles. The van der Waals surface area contributed by atoms with Crippen LogP contribution >= 0.6 is 15.9 Å². The quantitative estimate of drug-likeness (QED) is 0.714. The SMILES string of the molecule is N#Cc1ccccc1NC(=O)CCn1nnc(-c2ccc(Br)cc2)n1. The normalized spacial score (nSPS) is 10.2. The minimum Gasteiger partial charge on any atom is -0.325 e. The molecule has 0 atom stereocenters. The summed E-state index contributed by atoms with van der Waals surface area (Å²) in [5.41, 5.74) is 1.77. The Bertz CT molecular complexity index is 929. The number of carbonyl (C=O) groups excluding carboxylic acids is 1. The molecule has 1 heterocycles. The van der Waals surface area contributed by atoms with Crippen LogP contribution in [0.15, 0.2) is 53.0 Å². The Morgan fingerprint density at radius 2 is 1.96 bits per heavy atom. The van der Waals surface area contributed by atoms with E-state index in [0.29, 0.717) is 23.6 Å². The molecule has 0 bridgehead atoms. The first kappa shape index (κ1) is 16.8. The standard InChI is InChI=1S/C17H13BrN6O/c18-14-7-5-12(6-8-14)17-21-23-24(22-17)10-9-16(25)20-15-4-2-1-3-13(15)11-19/h1-8H,9-10H2,(H,20,25). The summed E-state index contributed by atoms with van der Waals surface area (Å²) < 4.78 is 0.970. The number of amides is 1. The number of nitrogens with zero attached hydrogens (tertiary/aromatic N) is 5. The highest BCUT2D eigenvalue weighted by molar-refractivity contribution is 9.10. The third kappa shape index (κ3) is 4.28. The van der Waals surface area contributed by atoms with E-state index >= 15 is 0 Å². The number of rotatable bonds is 5. The van der Waals surface area contributed by atoms with Gasteiger partial charge in [-0.25, -0.2) is 0 Å². The van der Waals surface area contributed by atoms with Crippen LogP contribution in [0, 0.1) is 11.3 Å². The fourth-order valence-electron chi connectivity index (χ4n) is 2.16. The van der Waals surface area contributed by atoms with Gasteiger partial charge in [0.25, 0.3) is 0 Å². The highest BCUT2D eigenvalue weighted by atomic mass is 79.9. The number of nitriles is 1. The molecule has 0 saturated heterocycles. The minimum atomic E-state index is -0.217. The Kier molecular flexibility index (Phi) is 5.16. The lowest BCUT2D eigenvalue weighted by Gasteiger charge is -2.06. The molecule has 7 nitrogen and oxygen atoms in total. The first-order valence-electron chi connectivity index (χ1n) is 7.48. The topological polar surface area (TPSA) is 96.5 Å². The monoisotopic (exact) mass is 396 g/mol. The molecular weight excluding hydrogens is 384 g/mol. The highest BCUT2D eigenvalue weighted by Gasteiger charge is 2.09. The summed E-state index contributed by atoms with van der Waals surface area (Å²) >= 11 is 3.38. The Hall–Kier alpha value is -3.05. The van der Waals surface area contributed by atoms with Gasteiger partial charge in [0.2, 0.25) is 11.7 Å². The van der Waals surface area contributed by atoms with Gasteiger partial charge in [0.15, 0.2) is 0 Å². The van der Waals surface area contributed by atoms with Crippen LogP contribution in [-0.4, -0.2) is 26.1 Å². The van der Waals surface area contributed by atoms with Crippen molar-refractivity contribution in [3.63, 3.8) is 0 Å². The summed E-state index contributed by atoms with van der Waals surface area (Å²) in [6.07, 6.45) is 0.176. The van der Waals surface area contributed by atoms with E-state index in [1.165, 1.54) is 4.80 Å². The molecule has 3 aromatic rings. The third-order valence-electron chi connectivity index (χ3n) is 3.42. The molecule has 0 aliphatic rings. The Morgan fingerprint density at radius 1 is 1.20 bits per heavy atom. The van der Waals surface area contributed by atoms with Crippen molar-refractivity contribution in [3.05, 3.63) is 58.6 Å². The molecule has 1 N–H and O–H groups in total. The number of aryl methyl sites for hydroxylation is 1. The van der Waals surface area contributed by atoms with Crippen LogP contribution < -0.4 is 5.32 Å². The molecule has 25 heavy (non-hydrogen) atoms. The van der Waals surface area contributed by atoms with Crippen LogP contribution in [0.25, 0.3) is 11.4 Å². The second-order valence-electron chi connectivity index (χ2n) is 5.17. The first-order valence-corrected chi connectivity index (χ1v) is 8.28. The molecule has 0 saturated carbocycles. The molecule has 1 amide bonds. The molecule has 0 radical (unpaired) electrons. The summed E-state index contributed by atoms with van der Waals surface area (Å²) in [6, 6.07) is 16.5. The summed E-state index contributed by atoms with van der Waals surface area (Å²) in [7, 11) is 0. The van der Waals surface area contributed by atoms with Gasteiger partial charge in [-0.15, -0.1) is 10.2 Å². The maximum Gasteiger partial charge on any atom is 0.226 e. The van der Waals surface area contributed by atoms with Crippen molar-refractivity contribution in [2.75, 3.05) is 5.32 Å². The van der Waals surface area contributed by atoms with Gasteiger partial charge in [-0.05, 0) is 41.6 Å². The van der Waals surface area contributed by atoms with Crippen molar-refractivity contribution >= 4 is 27.5 Å². The molecule has 0 unspecified atom stereocenters. The van der Waals surface area contributed by atoms with Crippen LogP contribution in [0.4, 0.5) is 5.69 Å². The summed E-state index contributed by atoms with van der Waals surface area (Å²) in [5.74, 6) is 0.285. The smallest absolute Gasteiger partial charge is 0.226 e. The number of aromatic nitrogens is 4. The average molecular weight is 397 g/mol. The van der Waals surface area contributed by atoms with Crippen LogP contribution in [0.3, 0.4) is 0 Å². The van der Waals surface area contributed by atoms with E-state index in [1.807, 2.05) is 30.3 Å². The average Bonchev–Trinajstić information content (AvgIpc) is 3.10. The van der Waals surface area contributed by atoms with Crippen LogP contribution in [0.5, 0.6) is 0 Å². The number of benzene rings is 2. The van der Waals surface area contributed by atoms with Crippen molar-refractivity contribution in [2.45, 2.75) is 13.0 Å². The van der Waals surface area contributed by atoms with E-state index in [-0.39, 0.29) is 12.3 Å². The summed E-state index contributed by atoms with van der Waals surface area (Å²) in [4.78, 5) is 13.4. The Morgan fingerprint density at radius 3 is 2.72 bits per heavy atom. The van der Waals surface area contributed by atoms with Gasteiger partial charge >= 0.3 is 0 Å². The number of para-hydroxylation sites is 1. The fourth-order valence-corrected chi connectivity index (χ4v) is 2.42. The maximum atomic E-state index is 12.1. The van der Waals surface area contributed by atoms with Crippen molar-refractivity contribution < 1.29 is 4.79 Å². The van der Waals surface area contributed by atoms with Crippen molar-refractivity contribution in [3.8, 4) is 17.5 Å². The number of hydrogen-bond donors (Lipinski definition) is 1. The molecule has 0 aliphatic heterocycles. The maximum absolute atomic E-state index is 12.1. The van der Waals surface area contributed by atoms with E-state index in [9.17, 15) is 4.79 Å². The van der Waals surface area contributed by atoms with E-state index in [4.69, 9.17) is 5.26 Å². The molecule has 124 valence electrons. The van der Waals surface area contributed by atoms with Gasteiger partial charge in [-0.2, -0.15) is 10.1 Å². The summed E-state index contributed by atoms with van der Waals surface area (Å²) in [6.45, 7) is 0.296. The van der Waals surface area contributed by atoms with Crippen molar-refractivity contribution in [1.29, 1.82) is 5.26 Å². The Balaban J connectivity index is 1.59. The van der Waals surface area contributed by atoms with Gasteiger partial charge in [0.1, 0.15) is 6.07 Å². The van der Waals surface area contributed by atoms with Crippen LogP contribution in [0.1, 0.15) is 12.0 Å². The van der Waals surface area contributed by atoms with Gasteiger partial charge in [0.05, 0.1) is 17.8 Å². The number of hydrogen-bond acceptors (Lipinski definition) is 5. The molecule has 8 heteroatoms. The van der Waals surface area contributed by atoms with E-state index in [2.05, 4.69) is 36.7 Å². The number of halogens is 1. The second kappa shape index (κ2) is 7.68. The van der Waals surface area contributed by atoms with Gasteiger partial charge in [0, 0.05) is 16.5 Å². The molecule has 0 fully saturated rings. The lowest BCUT2D eigenvalue weighted by Crippen LogP contribution is -2.16. The first-order chi connectivity index (χ1) is 12.2. The lowest BCUT2D eigenvalue weighted by atomic mass is 10.2. The zero-order chi connectivity index (χ0) is 17.6. The fraction of sp³-hybridized carbons (Fsp3) is 0.118. The zero-order valence-corrected chi connectivity index (χ0v) is 14.6.